The van der Waals surface area contributed by atoms with Crippen LogP contribution in [-0.4, -0.2) is 19.5 Å². The van der Waals surface area contributed by atoms with Crippen molar-refractivity contribution in [3.63, 3.8) is 0 Å². The number of rotatable bonds is 2. The highest BCUT2D eigenvalue weighted by Gasteiger charge is 2.16. The maximum absolute atomic E-state index is 12.1. The van der Waals surface area contributed by atoms with Crippen LogP contribution >= 0.6 is 0 Å². The summed E-state index contributed by atoms with van der Waals surface area (Å²) in [5.74, 6) is -0.0631. The molecule has 96 valence electrons. The molecule has 2 aromatic rings. The van der Waals surface area contributed by atoms with Crippen LogP contribution in [0.1, 0.15) is 15.9 Å². The molecule has 0 saturated heterocycles. The Kier molecular flexibility index (Phi) is 2.95. The zero-order chi connectivity index (χ0) is 13.2. The minimum atomic E-state index is -0.0631. The first-order valence-corrected chi connectivity index (χ1v) is 6.44. The van der Waals surface area contributed by atoms with Gasteiger partial charge in [0, 0.05) is 30.5 Å². The largest absolute Gasteiger partial charge is 0.374 e. The monoisotopic (exact) mass is 252 g/mol. The fourth-order valence-corrected chi connectivity index (χ4v) is 2.44. The van der Waals surface area contributed by atoms with Crippen LogP contribution in [0.2, 0.25) is 0 Å². The van der Waals surface area contributed by atoms with Gasteiger partial charge in [0.25, 0.3) is 5.91 Å². The highest BCUT2D eigenvalue weighted by atomic mass is 16.1. The fourth-order valence-electron chi connectivity index (χ4n) is 2.44. The first kappa shape index (κ1) is 11.8. The van der Waals surface area contributed by atoms with Gasteiger partial charge in [0.1, 0.15) is 0 Å². The summed E-state index contributed by atoms with van der Waals surface area (Å²) in [6.45, 7) is 1.05. The van der Waals surface area contributed by atoms with E-state index in [1.807, 2.05) is 36.4 Å². The van der Waals surface area contributed by atoms with Gasteiger partial charge in [0.15, 0.2) is 0 Å². The van der Waals surface area contributed by atoms with Crippen molar-refractivity contribution in [1.29, 1.82) is 0 Å². The summed E-state index contributed by atoms with van der Waals surface area (Å²) in [6.07, 6.45) is 1.04. The number of fused-ring (bicyclic) bond motifs is 1. The van der Waals surface area contributed by atoms with E-state index in [1.165, 1.54) is 11.3 Å². The van der Waals surface area contributed by atoms with Gasteiger partial charge in [-0.2, -0.15) is 0 Å². The third-order valence-corrected chi connectivity index (χ3v) is 3.50. The van der Waals surface area contributed by atoms with Gasteiger partial charge in [0.2, 0.25) is 0 Å². The third kappa shape index (κ3) is 2.32. The smallest absolute Gasteiger partial charge is 0.255 e. The van der Waals surface area contributed by atoms with Crippen LogP contribution in [0.3, 0.4) is 0 Å². The predicted octanol–water partition coefficient (Wildman–Crippen LogP) is 2.93. The molecule has 0 unspecified atom stereocenters. The second-order valence-corrected chi connectivity index (χ2v) is 4.84. The summed E-state index contributed by atoms with van der Waals surface area (Å²) in [5, 5.41) is 2.95. The molecule has 1 N–H and O–H groups in total. The van der Waals surface area contributed by atoms with E-state index in [0.29, 0.717) is 5.56 Å². The Labute approximate surface area is 112 Å². The zero-order valence-electron chi connectivity index (χ0n) is 10.9. The number of amides is 1. The first-order valence-electron chi connectivity index (χ1n) is 6.44. The van der Waals surface area contributed by atoms with Gasteiger partial charge in [-0.05, 0) is 42.3 Å². The van der Waals surface area contributed by atoms with Crippen molar-refractivity contribution in [2.45, 2.75) is 6.42 Å². The van der Waals surface area contributed by atoms with E-state index in [2.05, 4.69) is 29.4 Å². The number of nitrogens with zero attached hydrogens (tertiary/aromatic N) is 1. The minimum absolute atomic E-state index is 0.0631. The molecule has 1 heterocycles. The molecule has 0 spiro atoms. The molecule has 0 bridgehead atoms. The standard InChI is InChI=1S/C16H16N2O/c1-18-10-9-13-11-14(7-8-15(13)18)17-16(19)12-5-3-2-4-6-12/h2-8,11H,9-10H2,1H3,(H,17,19). The first-order chi connectivity index (χ1) is 9.24. The number of carbonyl (C=O) groups excluding carboxylic acids is 1. The van der Waals surface area contributed by atoms with Gasteiger partial charge < -0.3 is 10.2 Å². The Morgan fingerprint density at radius 2 is 1.95 bits per heavy atom. The van der Waals surface area contributed by atoms with Crippen LogP contribution in [0, 0.1) is 0 Å². The van der Waals surface area contributed by atoms with E-state index in [-0.39, 0.29) is 5.91 Å². The second kappa shape index (κ2) is 4.76. The van der Waals surface area contributed by atoms with Crippen molar-refractivity contribution in [3.05, 3.63) is 59.7 Å². The normalized spacial score (nSPS) is 13.2. The molecule has 3 nitrogen and oxygen atoms in total. The Morgan fingerprint density at radius 3 is 2.74 bits per heavy atom. The molecular formula is C16H16N2O. The average molecular weight is 252 g/mol. The van der Waals surface area contributed by atoms with Gasteiger partial charge >= 0.3 is 0 Å². The van der Waals surface area contributed by atoms with Gasteiger partial charge in [0.05, 0.1) is 0 Å². The molecule has 0 fully saturated rings. The number of benzene rings is 2. The second-order valence-electron chi connectivity index (χ2n) is 4.84. The van der Waals surface area contributed by atoms with Crippen molar-refractivity contribution in [2.75, 3.05) is 23.8 Å². The van der Waals surface area contributed by atoms with Crippen molar-refractivity contribution < 1.29 is 4.79 Å². The van der Waals surface area contributed by atoms with Crippen molar-refractivity contribution >= 4 is 17.3 Å². The predicted molar refractivity (Wildman–Crippen MR) is 77.8 cm³/mol. The summed E-state index contributed by atoms with van der Waals surface area (Å²) < 4.78 is 0. The lowest BCUT2D eigenvalue weighted by atomic mass is 10.1. The summed E-state index contributed by atoms with van der Waals surface area (Å²) in [7, 11) is 2.09. The van der Waals surface area contributed by atoms with E-state index in [9.17, 15) is 4.79 Å². The lowest BCUT2D eigenvalue weighted by Gasteiger charge is -2.12. The van der Waals surface area contributed by atoms with E-state index in [4.69, 9.17) is 0 Å². The lowest BCUT2D eigenvalue weighted by Crippen LogP contribution is -2.13. The molecule has 0 atom stereocenters. The van der Waals surface area contributed by atoms with Crippen LogP contribution in [0.5, 0.6) is 0 Å². The lowest BCUT2D eigenvalue weighted by molar-refractivity contribution is 0.102. The average Bonchev–Trinajstić information content (AvgIpc) is 2.81. The molecular weight excluding hydrogens is 236 g/mol. The molecule has 0 saturated carbocycles. The molecule has 0 aliphatic carbocycles. The van der Waals surface area contributed by atoms with Crippen LogP contribution in [0.25, 0.3) is 0 Å². The summed E-state index contributed by atoms with van der Waals surface area (Å²) >= 11 is 0. The highest BCUT2D eigenvalue weighted by molar-refractivity contribution is 6.04. The fraction of sp³-hybridized carbons (Fsp3) is 0.188. The third-order valence-electron chi connectivity index (χ3n) is 3.50. The Hall–Kier alpha value is -2.29. The molecule has 1 aliphatic heterocycles. The van der Waals surface area contributed by atoms with Gasteiger partial charge in [-0.15, -0.1) is 0 Å². The van der Waals surface area contributed by atoms with Crippen LogP contribution < -0.4 is 10.2 Å². The van der Waals surface area contributed by atoms with Crippen molar-refractivity contribution in [3.8, 4) is 0 Å². The minimum Gasteiger partial charge on any atom is -0.374 e. The maximum atomic E-state index is 12.1. The summed E-state index contributed by atoms with van der Waals surface area (Å²) in [6, 6.07) is 15.4. The number of carbonyl (C=O) groups is 1. The number of hydrogen-bond acceptors (Lipinski definition) is 2. The summed E-state index contributed by atoms with van der Waals surface area (Å²) in [5.41, 5.74) is 4.11. The highest BCUT2D eigenvalue weighted by Crippen LogP contribution is 2.29. The van der Waals surface area contributed by atoms with E-state index < -0.39 is 0 Å². The number of anilines is 2. The van der Waals surface area contributed by atoms with Crippen LogP contribution in [-0.2, 0) is 6.42 Å². The molecule has 0 radical (unpaired) electrons. The topological polar surface area (TPSA) is 32.3 Å². The Balaban J connectivity index is 1.80. The van der Waals surface area contributed by atoms with Crippen molar-refractivity contribution in [1.82, 2.24) is 0 Å². The number of nitrogens with one attached hydrogen (secondary N) is 1. The zero-order valence-corrected chi connectivity index (χ0v) is 10.9. The van der Waals surface area contributed by atoms with Gasteiger partial charge in [-0.3, -0.25) is 4.79 Å². The number of likely N-dealkylation sites (N-methyl/N-ethyl adjacent to an activating group) is 1. The van der Waals surface area contributed by atoms with E-state index in [0.717, 1.165) is 18.7 Å². The molecule has 0 aromatic heterocycles. The van der Waals surface area contributed by atoms with E-state index >= 15 is 0 Å². The molecule has 19 heavy (non-hydrogen) atoms. The Morgan fingerprint density at radius 1 is 1.16 bits per heavy atom. The summed E-state index contributed by atoms with van der Waals surface area (Å²) in [4.78, 5) is 14.3. The molecule has 3 heteroatoms. The molecule has 2 aromatic carbocycles. The van der Waals surface area contributed by atoms with Crippen molar-refractivity contribution in [2.24, 2.45) is 0 Å². The van der Waals surface area contributed by atoms with E-state index in [1.54, 1.807) is 0 Å². The van der Waals surface area contributed by atoms with Crippen LogP contribution in [0.4, 0.5) is 11.4 Å². The Bertz CT molecular complexity index is 607. The number of hydrogen-bond donors (Lipinski definition) is 1. The molecule has 1 aliphatic rings. The van der Waals surface area contributed by atoms with Crippen LogP contribution in [0.15, 0.2) is 48.5 Å². The quantitative estimate of drug-likeness (QED) is 0.891. The SMILES string of the molecule is CN1CCc2cc(NC(=O)c3ccccc3)ccc21. The molecule has 3 rings (SSSR count). The maximum Gasteiger partial charge on any atom is 0.255 e. The van der Waals surface area contributed by atoms with Gasteiger partial charge in [-0.1, -0.05) is 18.2 Å². The molecule has 1 amide bonds. The van der Waals surface area contributed by atoms with Gasteiger partial charge in [-0.25, -0.2) is 0 Å².